The molecular weight excluding hydrogens is 310 g/mol. The average molecular weight is 344 g/mol. The zero-order valence-corrected chi connectivity index (χ0v) is 15.7. The zero-order valence-electron chi connectivity index (χ0n) is 15.7. The minimum Gasteiger partial charge on any atom is -0.388 e. The highest BCUT2D eigenvalue weighted by molar-refractivity contribution is 5.28. The van der Waals surface area contributed by atoms with Gasteiger partial charge in [-0.3, -0.25) is 4.90 Å². The van der Waals surface area contributed by atoms with Crippen molar-refractivity contribution in [2.75, 3.05) is 19.7 Å². The maximum Gasteiger partial charge on any atom is 0.116 e. The minimum absolute atomic E-state index is 0.155. The van der Waals surface area contributed by atoms with E-state index in [2.05, 4.69) is 18.4 Å². The van der Waals surface area contributed by atoms with Gasteiger partial charge in [-0.15, -0.1) is 0 Å². The van der Waals surface area contributed by atoms with Gasteiger partial charge in [0.25, 0.3) is 0 Å². The van der Waals surface area contributed by atoms with Gasteiger partial charge in [0.1, 0.15) is 6.23 Å². The molecule has 0 aromatic carbocycles. The first-order valence-corrected chi connectivity index (χ1v) is 10.7. The monoisotopic (exact) mass is 343 g/mol. The molecule has 6 fully saturated rings. The number of rotatable bonds is 0. The first-order chi connectivity index (χ1) is 12.0. The lowest BCUT2D eigenvalue weighted by molar-refractivity contribution is -0.259. The van der Waals surface area contributed by atoms with Crippen LogP contribution in [0.3, 0.4) is 0 Å². The summed E-state index contributed by atoms with van der Waals surface area (Å²) in [6.45, 7) is 10.1. The molecule has 138 valence electrons. The van der Waals surface area contributed by atoms with Crippen molar-refractivity contribution < 1.29 is 9.84 Å². The molecule has 0 aromatic rings. The summed E-state index contributed by atoms with van der Waals surface area (Å²) in [5.74, 6) is 2.09. The Bertz CT molecular complexity index is 634. The first-order valence-electron chi connectivity index (χ1n) is 10.7. The van der Waals surface area contributed by atoms with Crippen LogP contribution >= 0.6 is 0 Å². The Hall–Kier alpha value is -0.380. The molecular formula is C22H33NO2. The van der Waals surface area contributed by atoms with Crippen molar-refractivity contribution in [3.8, 4) is 0 Å². The van der Waals surface area contributed by atoms with Gasteiger partial charge in [0, 0.05) is 23.9 Å². The zero-order chi connectivity index (χ0) is 17.0. The second-order valence-electron chi connectivity index (χ2n) is 10.6. The van der Waals surface area contributed by atoms with Gasteiger partial charge < -0.3 is 9.84 Å². The van der Waals surface area contributed by atoms with E-state index in [1.807, 2.05) is 0 Å². The highest BCUT2D eigenvalue weighted by Gasteiger charge is 2.71. The van der Waals surface area contributed by atoms with Gasteiger partial charge in [0.2, 0.25) is 0 Å². The van der Waals surface area contributed by atoms with Crippen LogP contribution in [0.1, 0.15) is 58.3 Å². The van der Waals surface area contributed by atoms with Crippen molar-refractivity contribution in [3.63, 3.8) is 0 Å². The molecule has 6 aliphatic rings. The molecule has 4 aliphatic carbocycles. The molecule has 25 heavy (non-hydrogen) atoms. The molecule has 3 nitrogen and oxygen atoms in total. The number of aliphatic hydroxyl groups excluding tert-OH is 1. The minimum atomic E-state index is -0.235. The Morgan fingerprint density at radius 2 is 2.00 bits per heavy atom. The lowest BCUT2D eigenvalue weighted by Gasteiger charge is -2.70. The number of ether oxygens (including phenoxy) is 1. The topological polar surface area (TPSA) is 32.7 Å². The number of piperidine rings is 1. The van der Waals surface area contributed by atoms with E-state index in [-0.39, 0.29) is 11.5 Å². The summed E-state index contributed by atoms with van der Waals surface area (Å²) < 4.78 is 6.29. The highest BCUT2D eigenvalue weighted by atomic mass is 16.5. The molecule has 1 N–H and O–H groups in total. The molecule has 0 aromatic heterocycles. The smallest absolute Gasteiger partial charge is 0.116 e. The lowest BCUT2D eigenvalue weighted by Crippen LogP contribution is -2.70. The van der Waals surface area contributed by atoms with E-state index in [1.165, 1.54) is 63.5 Å². The Balaban J connectivity index is 1.49. The average Bonchev–Trinajstić information content (AvgIpc) is 3.13. The van der Waals surface area contributed by atoms with E-state index >= 15 is 0 Å². The van der Waals surface area contributed by atoms with Crippen LogP contribution in [0.4, 0.5) is 0 Å². The first kappa shape index (κ1) is 15.7. The molecule has 1 spiro atoms. The molecule has 4 saturated carbocycles. The Morgan fingerprint density at radius 1 is 1.12 bits per heavy atom. The van der Waals surface area contributed by atoms with Gasteiger partial charge in [-0.1, -0.05) is 19.9 Å². The van der Waals surface area contributed by atoms with Crippen LogP contribution in [0.5, 0.6) is 0 Å². The summed E-state index contributed by atoms with van der Waals surface area (Å²) >= 11 is 0. The molecule has 0 radical (unpaired) electrons. The van der Waals surface area contributed by atoms with E-state index in [4.69, 9.17) is 4.74 Å². The van der Waals surface area contributed by atoms with Crippen LogP contribution in [0.2, 0.25) is 0 Å². The molecule has 4 bridgehead atoms. The van der Waals surface area contributed by atoms with Crippen molar-refractivity contribution in [1.82, 2.24) is 4.90 Å². The van der Waals surface area contributed by atoms with Crippen LogP contribution < -0.4 is 0 Å². The van der Waals surface area contributed by atoms with Crippen molar-refractivity contribution >= 4 is 0 Å². The molecule has 6 rings (SSSR count). The quantitative estimate of drug-likeness (QED) is 0.683. The normalized spacial score (nSPS) is 60.1. The van der Waals surface area contributed by atoms with Crippen molar-refractivity contribution in [2.45, 2.75) is 70.6 Å². The number of hydrogen-bond acceptors (Lipinski definition) is 3. The molecule has 0 unspecified atom stereocenters. The van der Waals surface area contributed by atoms with Crippen LogP contribution in [-0.2, 0) is 4.74 Å². The molecule has 2 heterocycles. The van der Waals surface area contributed by atoms with Crippen molar-refractivity contribution in [2.24, 2.45) is 34.0 Å². The van der Waals surface area contributed by atoms with Gasteiger partial charge in [-0.25, -0.2) is 0 Å². The van der Waals surface area contributed by atoms with Crippen molar-refractivity contribution in [3.05, 3.63) is 12.2 Å². The van der Waals surface area contributed by atoms with Crippen LogP contribution in [0.15, 0.2) is 12.2 Å². The Labute approximate surface area is 151 Å². The fraction of sp³-hybridized carbons (Fsp3) is 0.909. The largest absolute Gasteiger partial charge is 0.388 e. The number of aliphatic hydroxyl groups is 1. The second kappa shape index (κ2) is 4.72. The maximum atomic E-state index is 11.3. The van der Waals surface area contributed by atoms with Gasteiger partial charge in [-0.05, 0) is 73.7 Å². The fourth-order valence-electron chi connectivity index (χ4n) is 9.34. The van der Waals surface area contributed by atoms with Crippen LogP contribution in [-0.4, -0.2) is 42.0 Å². The maximum absolute atomic E-state index is 11.3. The van der Waals surface area contributed by atoms with E-state index in [0.29, 0.717) is 28.9 Å². The standard InChI is InChI=1S/C22H33NO2/c1-14-15-4-5-17-21(12-15,18(14)24)9-6-16-20(2)7-3-8-22(16,17)13-23-10-11-25-19(20)23/h15-19,24H,1,3-13H2,2H3/t15-,16-,17-,18+,19-,20-,21-,22+/m1/s1. The predicted molar refractivity (Wildman–Crippen MR) is 96.8 cm³/mol. The van der Waals surface area contributed by atoms with E-state index in [1.54, 1.807) is 0 Å². The SMILES string of the molecule is C=C1[C@@H]2CC[C@H]3[C@]45CCC[C@](C)([C@H]4CC[C@]3(C2)[C@H]1O)[C@H]1OCCN1C5. The summed E-state index contributed by atoms with van der Waals surface area (Å²) in [6, 6.07) is 0. The third-order valence-corrected chi connectivity index (χ3v) is 10.0. The summed E-state index contributed by atoms with van der Waals surface area (Å²) in [6.07, 6.45) is 10.5. The van der Waals surface area contributed by atoms with Gasteiger partial charge in [-0.2, -0.15) is 0 Å². The van der Waals surface area contributed by atoms with Crippen LogP contribution in [0.25, 0.3) is 0 Å². The fourth-order valence-corrected chi connectivity index (χ4v) is 9.34. The number of fused-ring (bicyclic) bond motifs is 3. The number of nitrogens with zero attached hydrogens (tertiary/aromatic N) is 1. The summed E-state index contributed by atoms with van der Waals surface area (Å²) in [4.78, 5) is 2.69. The molecule has 3 heteroatoms. The molecule has 2 saturated heterocycles. The Morgan fingerprint density at radius 3 is 2.88 bits per heavy atom. The van der Waals surface area contributed by atoms with Gasteiger partial charge >= 0.3 is 0 Å². The summed E-state index contributed by atoms with van der Waals surface area (Å²) in [5.41, 5.74) is 2.08. The summed E-state index contributed by atoms with van der Waals surface area (Å²) in [7, 11) is 0. The molecule has 2 aliphatic heterocycles. The van der Waals surface area contributed by atoms with Gasteiger partial charge in [0.15, 0.2) is 0 Å². The third kappa shape index (κ3) is 1.62. The predicted octanol–water partition coefficient (Wildman–Crippen LogP) is 3.58. The summed E-state index contributed by atoms with van der Waals surface area (Å²) in [5, 5.41) is 11.3. The lowest BCUT2D eigenvalue weighted by atomic mass is 9.38. The highest BCUT2D eigenvalue weighted by Crippen LogP contribution is 2.74. The number of hydrogen-bond donors (Lipinski definition) is 1. The van der Waals surface area contributed by atoms with Crippen molar-refractivity contribution in [1.29, 1.82) is 0 Å². The van der Waals surface area contributed by atoms with E-state index in [0.717, 1.165) is 19.1 Å². The van der Waals surface area contributed by atoms with E-state index in [9.17, 15) is 5.11 Å². The Kier molecular flexibility index (Phi) is 2.95. The molecule has 8 atom stereocenters. The molecule has 0 amide bonds. The third-order valence-electron chi connectivity index (χ3n) is 10.0. The van der Waals surface area contributed by atoms with Crippen LogP contribution in [0, 0.1) is 34.0 Å². The van der Waals surface area contributed by atoms with E-state index < -0.39 is 0 Å². The second-order valence-corrected chi connectivity index (χ2v) is 10.6. The van der Waals surface area contributed by atoms with Gasteiger partial charge in [0.05, 0.1) is 12.7 Å².